The number of carbonyl (C=O) groups is 1. The third-order valence-corrected chi connectivity index (χ3v) is 6.20. The average molecular weight is 318 g/mol. The molecule has 1 saturated heterocycles. The lowest BCUT2D eigenvalue weighted by atomic mass is 9.92. The Balaban J connectivity index is 2.09. The smallest absolute Gasteiger partial charge is 0.327 e. The standard InChI is InChI=1S/C14H26N2O4S/c1-3-20-13(17)14(15-2,12-5-6-12)11-16-7-4-9-21(18,19)10-8-16/h12,15H,3-11H2,1-2H3. The van der Waals surface area contributed by atoms with E-state index in [1.165, 1.54) is 0 Å². The van der Waals surface area contributed by atoms with Crippen LogP contribution in [0.5, 0.6) is 0 Å². The van der Waals surface area contributed by atoms with Crippen molar-refractivity contribution in [2.45, 2.75) is 31.7 Å². The second-order valence-electron chi connectivity index (χ2n) is 6.00. The monoisotopic (exact) mass is 318 g/mol. The van der Waals surface area contributed by atoms with Crippen molar-refractivity contribution in [2.75, 3.05) is 44.8 Å². The lowest BCUT2D eigenvalue weighted by Gasteiger charge is -2.36. The van der Waals surface area contributed by atoms with Gasteiger partial charge in [0.15, 0.2) is 9.84 Å². The number of sulfone groups is 1. The summed E-state index contributed by atoms with van der Waals surface area (Å²) in [6.07, 6.45) is 2.67. The maximum absolute atomic E-state index is 12.4. The molecule has 21 heavy (non-hydrogen) atoms. The van der Waals surface area contributed by atoms with Gasteiger partial charge in [-0.1, -0.05) is 0 Å². The van der Waals surface area contributed by atoms with E-state index in [1.807, 2.05) is 6.92 Å². The first-order chi connectivity index (χ1) is 9.93. The van der Waals surface area contributed by atoms with Crippen molar-refractivity contribution in [3.8, 4) is 0 Å². The largest absolute Gasteiger partial charge is 0.465 e. The summed E-state index contributed by atoms with van der Waals surface area (Å²) in [6.45, 7) is 3.92. The molecule has 2 fully saturated rings. The molecule has 1 heterocycles. The lowest BCUT2D eigenvalue weighted by Crippen LogP contribution is -2.60. The zero-order chi connectivity index (χ0) is 15.5. The number of nitrogens with zero attached hydrogens (tertiary/aromatic N) is 1. The van der Waals surface area contributed by atoms with Crippen molar-refractivity contribution in [3.05, 3.63) is 0 Å². The molecule has 0 aromatic rings. The molecule has 2 rings (SSSR count). The summed E-state index contributed by atoms with van der Waals surface area (Å²) in [4.78, 5) is 14.5. The summed E-state index contributed by atoms with van der Waals surface area (Å²) in [5.41, 5.74) is -0.690. The van der Waals surface area contributed by atoms with Crippen LogP contribution in [-0.2, 0) is 19.4 Å². The Morgan fingerprint density at radius 3 is 2.62 bits per heavy atom. The first-order valence-corrected chi connectivity index (χ1v) is 9.54. The van der Waals surface area contributed by atoms with Gasteiger partial charge in [0.05, 0.1) is 18.1 Å². The van der Waals surface area contributed by atoms with Gasteiger partial charge in [0.1, 0.15) is 5.54 Å². The molecule has 1 saturated carbocycles. The summed E-state index contributed by atoms with van der Waals surface area (Å²) in [6, 6.07) is 0. The number of rotatable bonds is 6. The van der Waals surface area contributed by atoms with Gasteiger partial charge in [-0.3, -0.25) is 4.90 Å². The summed E-state index contributed by atoms with van der Waals surface area (Å²) in [5.74, 6) is 0.516. The first kappa shape index (κ1) is 16.7. The average Bonchev–Trinajstić information content (AvgIpc) is 3.26. The van der Waals surface area contributed by atoms with E-state index in [9.17, 15) is 13.2 Å². The fourth-order valence-corrected chi connectivity index (χ4v) is 4.39. The van der Waals surface area contributed by atoms with Gasteiger partial charge in [0.25, 0.3) is 0 Å². The number of nitrogens with one attached hydrogen (secondary N) is 1. The molecule has 0 radical (unpaired) electrons. The maximum atomic E-state index is 12.4. The Bertz CT molecular complexity index is 475. The Kier molecular flexibility index (Phi) is 5.27. The van der Waals surface area contributed by atoms with Gasteiger partial charge in [0.2, 0.25) is 0 Å². The van der Waals surface area contributed by atoms with Crippen LogP contribution in [0.25, 0.3) is 0 Å². The second kappa shape index (κ2) is 6.62. The van der Waals surface area contributed by atoms with E-state index in [2.05, 4.69) is 10.2 Å². The molecule has 0 aromatic heterocycles. The number of carbonyl (C=O) groups excluding carboxylic acids is 1. The summed E-state index contributed by atoms with van der Waals surface area (Å²) in [7, 11) is -1.13. The fraction of sp³-hybridized carbons (Fsp3) is 0.929. The van der Waals surface area contributed by atoms with Crippen LogP contribution in [0, 0.1) is 5.92 Å². The number of hydrogen-bond donors (Lipinski definition) is 1. The number of esters is 1. The van der Waals surface area contributed by atoms with E-state index in [4.69, 9.17) is 4.74 Å². The van der Waals surface area contributed by atoms with E-state index in [1.54, 1.807) is 7.05 Å². The van der Waals surface area contributed by atoms with Crippen molar-refractivity contribution in [1.82, 2.24) is 10.2 Å². The summed E-state index contributed by atoms with van der Waals surface area (Å²) < 4.78 is 28.7. The molecule has 1 N–H and O–H groups in total. The van der Waals surface area contributed by atoms with Crippen LogP contribution < -0.4 is 5.32 Å². The third-order valence-electron chi connectivity index (χ3n) is 4.48. The number of likely N-dealkylation sites (N-methyl/N-ethyl adjacent to an activating group) is 1. The van der Waals surface area contributed by atoms with Crippen LogP contribution >= 0.6 is 0 Å². The molecule has 0 bridgehead atoms. The highest BCUT2D eigenvalue weighted by atomic mass is 32.2. The van der Waals surface area contributed by atoms with Crippen molar-refractivity contribution in [3.63, 3.8) is 0 Å². The Morgan fingerprint density at radius 1 is 1.33 bits per heavy atom. The molecule has 0 aromatic carbocycles. The van der Waals surface area contributed by atoms with Gasteiger partial charge in [0, 0.05) is 13.1 Å². The SMILES string of the molecule is CCOC(=O)C(CN1CCCS(=O)(=O)CC1)(NC)C1CC1. The highest BCUT2D eigenvalue weighted by Gasteiger charge is 2.52. The van der Waals surface area contributed by atoms with E-state index in [0.717, 1.165) is 19.4 Å². The van der Waals surface area contributed by atoms with Crippen LogP contribution in [-0.4, -0.2) is 69.6 Å². The van der Waals surface area contributed by atoms with E-state index >= 15 is 0 Å². The first-order valence-electron chi connectivity index (χ1n) is 7.72. The molecule has 7 heteroatoms. The molecule has 1 aliphatic heterocycles. The zero-order valence-electron chi connectivity index (χ0n) is 12.9. The summed E-state index contributed by atoms with van der Waals surface area (Å²) in [5, 5.41) is 3.18. The molecule has 6 nitrogen and oxygen atoms in total. The second-order valence-corrected chi connectivity index (χ2v) is 8.30. The number of hydrogen-bond acceptors (Lipinski definition) is 6. The molecule has 0 spiro atoms. The highest BCUT2D eigenvalue weighted by Crippen LogP contribution is 2.41. The van der Waals surface area contributed by atoms with Crippen LogP contribution in [0.3, 0.4) is 0 Å². The van der Waals surface area contributed by atoms with E-state index in [-0.39, 0.29) is 17.5 Å². The summed E-state index contributed by atoms with van der Waals surface area (Å²) >= 11 is 0. The minimum atomic E-state index is -2.93. The quantitative estimate of drug-likeness (QED) is 0.697. The lowest BCUT2D eigenvalue weighted by molar-refractivity contribution is -0.153. The molecule has 0 amide bonds. The predicted octanol–water partition coefficient (Wildman–Crippen LogP) is 0.0382. The van der Waals surface area contributed by atoms with Gasteiger partial charge in [-0.15, -0.1) is 0 Å². The van der Waals surface area contributed by atoms with Gasteiger partial charge in [-0.25, -0.2) is 13.2 Å². The third kappa shape index (κ3) is 3.96. The van der Waals surface area contributed by atoms with Crippen LogP contribution in [0.15, 0.2) is 0 Å². The Morgan fingerprint density at radius 2 is 2.05 bits per heavy atom. The Hall–Kier alpha value is -0.660. The topological polar surface area (TPSA) is 75.7 Å². The minimum absolute atomic E-state index is 0.181. The number of ether oxygens (including phenoxy) is 1. The molecule has 122 valence electrons. The van der Waals surface area contributed by atoms with Gasteiger partial charge in [-0.05, 0) is 45.7 Å². The maximum Gasteiger partial charge on any atom is 0.327 e. The van der Waals surface area contributed by atoms with Crippen LogP contribution in [0.2, 0.25) is 0 Å². The molecule has 1 atom stereocenters. The zero-order valence-corrected chi connectivity index (χ0v) is 13.7. The molecule has 1 aliphatic carbocycles. The van der Waals surface area contributed by atoms with Crippen molar-refractivity contribution in [1.29, 1.82) is 0 Å². The van der Waals surface area contributed by atoms with Crippen molar-refractivity contribution >= 4 is 15.8 Å². The highest BCUT2D eigenvalue weighted by molar-refractivity contribution is 7.91. The van der Waals surface area contributed by atoms with Crippen LogP contribution in [0.4, 0.5) is 0 Å². The molecular formula is C14H26N2O4S. The van der Waals surface area contributed by atoms with E-state index in [0.29, 0.717) is 32.0 Å². The van der Waals surface area contributed by atoms with Crippen molar-refractivity contribution in [2.24, 2.45) is 5.92 Å². The Labute approximate surface area is 127 Å². The molecule has 1 unspecified atom stereocenters. The normalized spacial score (nSPS) is 25.8. The van der Waals surface area contributed by atoms with Gasteiger partial charge in [-0.2, -0.15) is 0 Å². The van der Waals surface area contributed by atoms with Crippen molar-refractivity contribution < 1.29 is 17.9 Å². The van der Waals surface area contributed by atoms with E-state index < -0.39 is 15.4 Å². The predicted molar refractivity (Wildman–Crippen MR) is 80.9 cm³/mol. The fourth-order valence-electron chi connectivity index (χ4n) is 3.08. The van der Waals surface area contributed by atoms with Gasteiger partial charge < -0.3 is 10.1 Å². The van der Waals surface area contributed by atoms with Crippen LogP contribution in [0.1, 0.15) is 26.2 Å². The van der Waals surface area contributed by atoms with Gasteiger partial charge >= 0.3 is 5.97 Å². The minimum Gasteiger partial charge on any atom is -0.465 e. The molecular weight excluding hydrogens is 292 g/mol. The molecule has 2 aliphatic rings.